The van der Waals surface area contributed by atoms with Crippen LogP contribution >= 0.6 is 0 Å². The molecule has 0 fully saturated rings. The van der Waals surface area contributed by atoms with E-state index in [9.17, 15) is 4.79 Å². The number of methoxy groups -OCH3 is 1. The topological polar surface area (TPSA) is 62.1 Å². The fraction of sp³-hybridized carbons (Fsp3) is 0.263. The monoisotopic (exact) mass is 310 g/mol. The van der Waals surface area contributed by atoms with Crippen molar-refractivity contribution >= 4 is 11.6 Å². The van der Waals surface area contributed by atoms with Crippen LogP contribution in [-0.2, 0) is 11.2 Å². The SMILES string of the molecule is CC.COc1ccc(C#N)c(NC(=O)Cc2ccc(C)cc2)c1. The first kappa shape index (κ1) is 18.2. The van der Waals surface area contributed by atoms with Gasteiger partial charge in [0.2, 0.25) is 5.91 Å². The van der Waals surface area contributed by atoms with E-state index in [0.717, 1.165) is 11.1 Å². The fourth-order valence-corrected chi connectivity index (χ4v) is 1.94. The maximum absolute atomic E-state index is 12.1. The Kier molecular flexibility index (Phi) is 7.35. The molecule has 0 aliphatic rings. The lowest BCUT2D eigenvalue weighted by atomic mass is 10.1. The van der Waals surface area contributed by atoms with E-state index >= 15 is 0 Å². The summed E-state index contributed by atoms with van der Waals surface area (Å²) in [5, 5.41) is 11.8. The zero-order valence-corrected chi connectivity index (χ0v) is 14.0. The van der Waals surface area contributed by atoms with Crippen LogP contribution in [0.3, 0.4) is 0 Å². The van der Waals surface area contributed by atoms with E-state index in [1.807, 2.05) is 45.0 Å². The molecule has 4 heteroatoms. The Morgan fingerprint density at radius 1 is 1.17 bits per heavy atom. The lowest BCUT2D eigenvalue weighted by Crippen LogP contribution is -2.15. The summed E-state index contributed by atoms with van der Waals surface area (Å²) < 4.78 is 5.11. The number of carbonyl (C=O) groups is 1. The van der Waals surface area contributed by atoms with Gasteiger partial charge in [0.15, 0.2) is 0 Å². The van der Waals surface area contributed by atoms with Gasteiger partial charge in [0, 0.05) is 6.07 Å². The number of hydrogen-bond donors (Lipinski definition) is 1. The molecular formula is C19H22N2O2. The zero-order chi connectivity index (χ0) is 17.2. The highest BCUT2D eigenvalue weighted by atomic mass is 16.5. The number of nitriles is 1. The predicted octanol–water partition coefficient (Wildman–Crippen LogP) is 4.08. The second-order valence-electron chi connectivity index (χ2n) is 4.73. The lowest BCUT2D eigenvalue weighted by Gasteiger charge is -2.09. The number of benzene rings is 2. The molecule has 2 rings (SSSR count). The number of hydrogen-bond acceptors (Lipinski definition) is 3. The molecule has 0 bridgehead atoms. The Labute approximate surface area is 137 Å². The van der Waals surface area contributed by atoms with Crippen LogP contribution in [0.2, 0.25) is 0 Å². The largest absolute Gasteiger partial charge is 0.497 e. The van der Waals surface area contributed by atoms with Gasteiger partial charge in [-0.25, -0.2) is 0 Å². The van der Waals surface area contributed by atoms with Gasteiger partial charge in [-0.15, -0.1) is 0 Å². The number of nitrogens with zero attached hydrogens (tertiary/aromatic N) is 1. The molecular weight excluding hydrogens is 288 g/mol. The molecule has 0 saturated heterocycles. The molecule has 1 N–H and O–H groups in total. The number of amides is 1. The molecule has 23 heavy (non-hydrogen) atoms. The van der Waals surface area contributed by atoms with Crippen molar-refractivity contribution in [3.8, 4) is 11.8 Å². The number of anilines is 1. The summed E-state index contributed by atoms with van der Waals surface area (Å²) >= 11 is 0. The number of carbonyl (C=O) groups excluding carboxylic acids is 1. The first-order valence-electron chi connectivity index (χ1n) is 7.56. The third kappa shape index (κ3) is 5.48. The predicted molar refractivity (Wildman–Crippen MR) is 92.6 cm³/mol. The molecule has 0 radical (unpaired) electrons. The van der Waals surface area contributed by atoms with Gasteiger partial charge >= 0.3 is 0 Å². The molecule has 0 aromatic heterocycles. The van der Waals surface area contributed by atoms with E-state index < -0.39 is 0 Å². The molecule has 0 atom stereocenters. The Balaban J connectivity index is 0.00000127. The highest BCUT2D eigenvalue weighted by molar-refractivity contribution is 5.93. The Morgan fingerprint density at radius 3 is 2.39 bits per heavy atom. The number of aryl methyl sites for hydroxylation is 1. The van der Waals surface area contributed by atoms with Crippen molar-refractivity contribution in [2.75, 3.05) is 12.4 Å². The highest BCUT2D eigenvalue weighted by Gasteiger charge is 2.09. The summed E-state index contributed by atoms with van der Waals surface area (Å²) in [6.45, 7) is 6.00. The Bertz CT molecular complexity index is 686. The van der Waals surface area contributed by atoms with E-state index in [4.69, 9.17) is 10.00 Å². The molecule has 0 aliphatic carbocycles. The minimum absolute atomic E-state index is 0.163. The molecule has 0 aliphatic heterocycles. The average Bonchev–Trinajstić information content (AvgIpc) is 2.58. The number of rotatable bonds is 4. The van der Waals surface area contributed by atoms with Crippen molar-refractivity contribution in [3.05, 3.63) is 59.2 Å². The van der Waals surface area contributed by atoms with Crippen molar-refractivity contribution in [1.82, 2.24) is 0 Å². The van der Waals surface area contributed by atoms with Gasteiger partial charge in [-0.05, 0) is 24.6 Å². The normalized spacial score (nSPS) is 9.17. The van der Waals surface area contributed by atoms with Crippen LogP contribution in [0, 0.1) is 18.3 Å². The highest BCUT2D eigenvalue weighted by Crippen LogP contribution is 2.22. The van der Waals surface area contributed by atoms with E-state index in [1.54, 1.807) is 25.3 Å². The van der Waals surface area contributed by atoms with Crippen molar-refractivity contribution in [1.29, 1.82) is 5.26 Å². The van der Waals surface area contributed by atoms with E-state index in [0.29, 0.717) is 17.0 Å². The van der Waals surface area contributed by atoms with Gasteiger partial charge in [0.05, 0.1) is 24.8 Å². The van der Waals surface area contributed by atoms with Gasteiger partial charge in [-0.2, -0.15) is 5.26 Å². The summed E-state index contributed by atoms with van der Waals surface area (Å²) in [5.41, 5.74) is 2.96. The smallest absolute Gasteiger partial charge is 0.228 e. The molecule has 0 heterocycles. The summed E-state index contributed by atoms with van der Waals surface area (Å²) in [6, 6.07) is 14.8. The minimum Gasteiger partial charge on any atom is -0.497 e. The maximum atomic E-state index is 12.1. The molecule has 2 aromatic carbocycles. The van der Waals surface area contributed by atoms with Crippen LogP contribution in [0.15, 0.2) is 42.5 Å². The molecule has 0 saturated carbocycles. The van der Waals surface area contributed by atoms with Crippen molar-refractivity contribution in [2.24, 2.45) is 0 Å². The second-order valence-corrected chi connectivity index (χ2v) is 4.73. The van der Waals surface area contributed by atoms with Crippen molar-refractivity contribution in [2.45, 2.75) is 27.2 Å². The molecule has 0 unspecified atom stereocenters. The van der Waals surface area contributed by atoms with Crippen LogP contribution in [0.1, 0.15) is 30.5 Å². The fourth-order valence-electron chi connectivity index (χ4n) is 1.94. The standard InChI is InChI=1S/C17H16N2O2.C2H6/c1-12-3-5-13(6-4-12)9-17(20)19-16-10-15(21-2)8-7-14(16)11-18;1-2/h3-8,10H,9H2,1-2H3,(H,19,20);1-2H3. The molecule has 1 amide bonds. The van der Waals surface area contributed by atoms with E-state index in [1.165, 1.54) is 0 Å². The van der Waals surface area contributed by atoms with E-state index in [2.05, 4.69) is 11.4 Å². The lowest BCUT2D eigenvalue weighted by molar-refractivity contribution is -0.115. The van der Waals surface area contributed by atoms with Crippen LogP contribution in [0.25, 0.3) is 0 Å². The molecule has 120 valence electrons. The van der Waals surface area contributed by atoms with Gasteiger partial charge in [-0.3, -0.25) is 4.79 Å². The zero-order valence-electron chi connectivity index (χ0n) is 14.0. The molecule has 0 spiro atoms. The molecule has 2 aromatic rings. The van der Waals surface area contributed by atoms with Gasteiger partial charge < -0.3 is 10.1 Å². The quantitative estimate of drug-likeness (QED) is 0.925. The Hall–Kier alpha value is -2.80. The van der Waals surface area contributed by atoms with Crippen LogP contribution in [0.5, 0.6) is 5.75 Å². The first-order chi connectivity index (χ1) is 11.1. The van der Waals surface area contributed by atoms with Gasteiger partial charge in [-0.1, -0.05) is 43.7 Å². The molecule has 4 nitrogen and oxygen atoms in total. The average molecular weight is 310 g/mol. The Morgan fingerprint density at radius 2 is 1.83 bits per heavy atom. The van der Waals surface area contributed by atoms with Gasteiger partial charge in [0.25, 0.3) is 0 Å². The number of nitrogens with one attached hydrogen (secondary N) is 1. The summed E-state index contributed by atoms with van der Waals surface area (Å²) in [7, 11) is 1.54. The van der Waals surface area contributed by atoms with Crippen molar-refractivity contribution in [3.63, 3.8) is 0 Å². The third-order valence-corrected chi connectivity index (χ3v) is 3.11. The maximum Gasteiger partial charge on any atom is 0.228 e. The van der Waals surface area contributed by atoms with Gasteiger partial charge in [0.1, 0.15) is 11.8 Å². The van der Waals surface area contributed by atoms with Crippen molar-refractivity contribution < 1.29 is 9.53 Å². The van der Waals surface area contributed by atoms with Crippen LogP contribution in [-0.4, -0.2) is 13.0 Å². The van der Waals surface area contributed by atoms with Crippen LogP contribution in [0.4, 0.5) is 5.69 Å². The summed E-state index contributed by atoms with van der Waals surface area (Å²) in [5.74, 6) is 0.434. The van der Waals surface area contributed by atoms with Crippen LogP contribution < -0.4 is 10.1 Å². The second kappa shape index (κ2) is 9.26. The van der Waals surface area contributed by atoms with E-state index in [-0.39, 0.29) is 12.3 Å². The number of ether oxygens (including phenoxy) is 1. The summed E-state index contributed by atoms with van der Waals surface area (Å²) in [4.78, 5) is 12.1. The third-order valence-electron chi connectivity index (χ3n) is 3.11. The summed E-state index contributed by atoms with van der Waals surface area (Å²) in [6.07, 6.45) is 0.266. The first-order valence-corrected chi connectivity index (χ1v) is 7.56. The minimum atomic E-state index is -0.163.